The maximum atomic E-state index is 13.0. The maximum absolute atomic E-state index is 13.0. The minimum Gasteiger partial charge on any atom is -0.395 e. The average molecular weight is 470 g/mol. The second-order valence-electron chi connectivity index (χ2n) is 6.27. The molecule has 0 aliphatic heterocycles. The molecule has 0 saturated carbocycles. The van der Waals surface area contributed by atoms with Crippen LogP contribution in [0.4, 0.5) is 5.82 Å². The van der Waals surface area contributed by atoms with E-state index in [0.29, 0.717) is 5.56 Å². The van der Waals surface area contributed by atoms with Gasteiger partial charge in [-0.3, -0.25) is 0 Å². The van der Waals surface area contributed by atoms with Gasteiger partial charge in [0.05, 0.1) is 18.2 Å². The second-order valence-corrected chi connectivity index (χ2v) is 9.45. The first-order valence-corrected chi connectivity index (χ1v) is 11.6. The fourth-order valence-electron chi connectivity index (χ4n) is 2.86. The zero-order valence-corrected chi connectivity index (χ0v) is 17.4. The quantitative estimate of drug-likeness (QED) is 0.206. The monoisotopic (exact) mass is 469 g/mol. The number of pyridine rings is 1. The average Bonchev–Trinajstić information content (AvgIpc) is 3.25. The highest BCUT2D eigenvalue weighted by atomic mass is 32.2. The molecule has 0 aliphatic carbocycles. The molecule has 0 bridgehead atoms. The second kappa shape index (κ2) is 8.61. The first kappa shape index (κ1) is 22.7. The van der Waals surface area contributed by atoms with E-state index in [0.717, 1.165) is 6.07 Å². The summed E-state index contributed by atoms with van der Waals surface area (Å²) >= 11 is 0. The number of aromatic nitrogens is 5. The molecule has 166 valence electrons. The number of benzene rings is 1. The number of rotatable bonds is 8. The molecule has 0 amide bonds. The molecular weight excluding hydrogens is 450 g/mol. The third-order valence-corrected chi connectivity index (χ3v) is 6.91. The number of aromatic amines is 1. The fraction of sp³-hybridized carbons (Fsp3) is 0.200. The van der Waals surface area contributed by atoms with Gasteiger partial charge in [0.25, 0.3) is 0 Å². The minimum absolute atomic E-state index is 0.0461. The third-order valence-electron chi connectivity index (χ3n) is 4.22. The SMILES string of the molecule is NCC(CO)NS(=O)(=O)c1ccc(-c2cccnc2N)c(-c2nn[nH]n2)c1S(N)(=O)=O. The number of nitrogens with zero attached hydrogens (tertiary/aromatic N) is 4. The number of aliphatic hydroxyl groups excluding tert-OH is 1. The number of tetrazole rings is 1. The molecule has 2 aromatic heterocycles. The molecule has 31 heavy (non-hydrogen) atoms. The molecule has 2 heterocycles. The van der Waals surface area contributed by atoms with E-state index in [2.05, 4.69) is 30.3 Å². The topological polar surface area (TPSA) is 246 Å². The van der Waals surface area contributed by atoms with Crippen LogP contribution in [0.2, 0.25) is 0 Å². The maximum Gasteiger partial charge on any atom is 0.242 e. The molecular formula is C15H19N9O5S2. The lowest BCUT2D eigenvalue weighted by Gasteiger charge is -2.19. The Kier molecular flexibility index (Phi) is 6.30. The summed E-state index contributed by atoms with van der Waals surface area (Å²) in [6.45, 7) is -0.842. The number of nitrogen functional groups attached to an aromatic ring is 1. The van der Waals surface area contributed by atoms with Gasteiger partial charge in [-0.1, -0.05) is 6.07 Å². The highest BCUT2D eigenvalue weighted by molar-refractivity contribution is 7.92. The van der Waals surface area contributed by atoms with Crippen LogP contribution in [0, 0.1) is 0 Å². The van der Waals surface area contributed by atoms with Gasteiger partial charge in [-0.15, -0.1) is 10.2 Å². The van der Waals surface area contributed by atoms with Gasteiger partial charge in [0.1, 0.15) is 15.6 Å². The first-order valence-electron chi connectivity index (χ1n) is 8.58. The van der Waals surface area contributed by atoms with Crippen molar-refractivity contribution in [1.82, 2.24) is 30.3 Å². The summed E-state index contributed by atoms with van der Waals surface area (Å²) in [5.74, 6) is -0.193. The lowest BCUT2D eigenvalue weighted by molar-refractivity contribution is 0.259. The number of primary sulfonamides is 1. The predicted molar refractivity (Wildman–Crippen MR) is 109 cm³/mol. The van der Waals surface area contributed by atoms with Crippen molar-refractivity contribution in [3.8, 4) is 22.5 Å². The zero-order valence-electron chi connectivity index (χ0n) is 15.8. The summed E-state index contributed by atoms with van der Waals surface area (Å²) in [6.07, 6.45) is 1.43. The fourth-order valence-corrected chi connectivity index (χ4v) is 5.70. The molecule has 0 aliphatic rings. The van der Waals surface area contributed by atoms with Crippen molar-refractivity contribution in [3.63, 3.8) is 0 Å². The molecule has 0 radical (unpaired) electrons. The Morgan fingerprint density at radius 1 is 1.16 bits per heavy atom. The van der Waals surface area contributed by atoms with E-state index < -0.39 is 42.5 Å². The molecule has 1 atom stereocenters. The van der Waals surface area contributed by atoms with Crippen LogP contribution in [0.15, 0.2) is 40.3 Å². The summed E-state index contributed by atoms with van der Waals surface area (Å²) in [7, 11) is -9.16. The molecule has 9 N–H and O–H groups in total. The number of hydrogen-bond donors (Lipinski definition) is 6. The Bertz CT molecular complexity index is 1290. The predicted octanol–water partition coefficient (Wildman–Crippen LogP) is -2.24. The van der Waals surface area contributed by atoms with E-state index in [1.54, 1.807) is 12.1 Å². The third kappa shape index (κ3) is 4.53. The highest BCUT2D eigenvalue weighted by Gasteiger charge is 2.33. The number of aliphatic hydroxyl groups is 1. The van der Waals surface area contributed by atoms with Crippen LogP contribution < -0.4 is 21.3 Å². The van der Waals surface area contributed by atoms with Crippen LogP contribution in [-0.2, 0) is 20.0 Å². The first-order chi connectivity index (χ1) is 14.6. The lowest BCUT2D eigenvalue weighted by Crippen LogP contribution is -2.43. The van der Waals surface area contributed by atoms with Gasteiger partial charge in [0, 0.05) is 18.3 Å². The van der Waals surface area contributed by atoms with E-state index in [1.165, 1.54) is 12.3 Å². The largest absolute Gasteiger partial charge is 0.395 e. The van der Waals surface area contributed by atoms with Crippen LogP contribution in [-0.4, -0.2) is 66.7 Å². The van der Waals surface area contributed by atoms with Crippen LogP contribution in [0.1, 0.15) is 0 Å². The Balaban J connectivity index is 2.42. The number of H-pyrrole nitrogens is 1. The van der Waals surface area contributed by atoms with Crippen molar-refractivity contribution in [1.29, 1.82) is 0 Å². The molecule has 0 spiro atoms. The van der Waals surface area contributed by atoms with Crippen LogP contribution in [0.3, 0.4) is 0 Å². The highest BCUT2D eigenvalue weighted by Crippen LogP contribution is 2.39. The number of sulfonamides is 2. The van der Waals surface area contributed by atoms with Crippen LogP contribution in [0.5, 0.6) is 0 Å². The van der Waals surface area contributed by atoms with Gasteiger partial charge in [-0.2, -0.15) is 5.21 Å². The van der Waals surface area contributed by atoms with Gasteiger partial charge in [0.15, 0.2) is 0 Å². The minimum atomic E-state index is -4.66. The van der Waals surface area contributed by atoms with Gasteiger partial charge >= 0.3 is 0 Å². The van der Waals surface area contributed by atoms with E-state index in [-0.39, 0.29) is 29.3 Å². The molecule has 0 fully saturated rings. The Morgan fingerprint density at radius 3 is 2.45 bits per heavy atom. The van der Waals surface area contributed by atoms with Crippen molar-refractivity contribution in [2.45, 2.75) is 15.8 Å². The molecule has 1 unspecified atom stereocenters. The number of nitrogens with two attached hydrogens (primary N) is 3. The molecule has 1 aromatic carbocycles. The van der Waals surface area contributed by atoms with Crippen molar-refractivity contribution >= 4 is 25.9 Å². The standard InChI is InChI=1S/C15H19N9O5S2/c16-6-8(7-25)22-31(28,29)11-4-3-9(10-2-1-5-19-14(10)17)12(13(11)30(18,26)27)15-20-23-24-21-15/h1-5,8,22,25H,6-7,16H2,(H2,17,19)(H2,18,26,27)(H,20,21,23,24). The lowest BCUT2D eigenvalue weighted by atomic mass is 9.99. The smallest absolute Gasteiger partial charge is 0.242 e. The summed E-state index contributed by atoms with van der Waals surface area (Å²) < 4.78 is 53.2. The van der Waals surface area contributed by atoms with Gasteiger partial charge in [-0.25, -0.2) is 31.7 Å². The van der Waals surface area contributed by atoms with Crippen molar-refractivity contribution < 1.29 is 21.9 Å². The molecule has 16 heteroatoms. The zero-order chi connectivity index (χ0) is 22.8. The number of nitrogens with one attached hydrogen (secondary N) is 2. The van der Waals surface area contributed by atoms with Gasteiger partial charge in [0.2, 0.25) is 25.9 Å². The van der Waals surface area contributed by atoms with E-state index in [1.807, 2.05) is 0 Å². The molecule has 0 saturated heterocycles. The Labute approximate surface area is 177 Å². The summed E-state index contributed by atoms with van der Waals surface area (Å²) in [5, 5.41) is 27.9. The van der Waals surface area contributed by atoms with E-state index in [4.69, 9.17) is 16.6 Å². The Hall–Kier alpha value is -3.02. The van der Waals surface area contributed by atoms with E-state index in [9.17, 15) is 21.9 Å². The normalized spacial score (nSPS) is 13.3. The van der Waals surface area contributed by atoms with E-state index >= 15 is 0 Å². The van der Waals surface area contributed by atoms with Crippen LogP contribution in [0.25, 0.3) is 22.5 Å². The molecule has 3 aromatic rings. The molecule has 3 rings (SSSR count). The summed E-state index contributed by atoms with van der Waals surface area (Å²) in [5.41, 5.74) is 11.6. The Morgan fingerprint density at radius 2 is 1.90 bits per heavy atom. The molecule has 14 nitrogen and oxygen atoms in total. The summed E-state index contributed by atoms with van der Waals surface area (Å²) in [4.78, 5) is 2.49. The number of anilines is 1. The van der Waals surface area contributed by atoms with Crippen molar-refractivity contribution in [3.05, 3.63) is 30.5 Å². The van der Waals surface area contributed by atoms with Gasteiger partial charge in [-0.05, 0) is 29.0 Å². The van der Waals surface area contributed by atoms with Gasteiger partial charge < -0.3 is 16.6 Å². The van der Waals surface area contributed by atoms with Crippen molar-refractivity contribution in [2.75, 3.05) is 18.9 Å². The summed E-state index contributed by atoms with van der Waals surface area (Å²) in [6, 6.07) is 4.41. The number of hydrogen-bond acceptors (Lipinski definition) is 11. The van der Waals surface area contributed by atoms with Crippen LogP contribution >= 0.6 is 0 Å². The van der Waals surface area contributed by atoms with Crippen molar-refractivity contribution in [2.24, 2.45) is 10.9 Å².